The number of carbonyl (C=O) groups excluding carboxylic acids is 4. The molecule has 0 radical (unpaired) electrons. The molecule has 19 nitrogen and oxygen atoms in total. The summed E-state index contributed by atoms with van der Waals surface area (Å²) < 4.78 is 62.8. The zero-order chi connectivity index (χ0) is 48.8. The standard InChI is InChI=1S/C46H82N4O15/c1-16-33-46(11)38(64-43(54)65-46)29(6)50(14)24-25(2)22-44(9,55)37(62-41-36(59-31(8)51)32(49(12)13)21-26(3)57-41)27(4)35(28(5)40(52)60-33)61-34-23-45(10,56-15)39(30(7)58-34)63-42(53)48-20-18-17-19-47/h25-30,32-39,41,55H,16-24,47H2,1-15H3,(H,48,53)/t25-,26-,27+,28-,29-,30+,32+,33-,34+,35+,36-,37-,38-,39+,41+,44-,45-,46-/m1/s1. The fraction of sp³-hybridized carbons (Fsp3) is 0.913. The summed E-state index contributed by atoms with van der Waals surface area (Å²) in [5.74, 6) is -3.25. The highest BCUT2D eigenvalue weighted by Gasteiger charge is 2.58. The molecule has 1 amide bonds. The van der Waals surface area contributed by atoms with Crippen molar-refractivity contribution >= 4 is 24.2 Å². The predicted molar refractivity (Wildman–Crippen MR) is 237 cm³/mol. The maximum Gasteiger partial charge on any atom is 0.509 e. The van der Waals surface area contributed by atoms with Gasteiger partial charge in [-0.25, -0.2) is 9.59 Å². The van der Waals surface area contributed by atoms with Gasteiger partial charge in [-0.2, -0.15) is 0 Å². The number of hydrogen-bond donors (Lipinski definition) is 3. The van der Waals surface area contributed by atoms with Gasteiger partial charge in [0.25, 0.3) is 0 Å². The summed E-state index contributed by atoms with van der Waals surface area (Å²) in [4.78, 5) is 57.2. The summed E-state index contributed by atoms with van der Waals surface area (Å²) in [6.45, 7) is 20.8. The van der Waals surface area contributed by atoms with Gasteiger partial charge in [0.2, 0.25) is 0 Å². The number of amides is 1. The topological polar surface area (TPSA) is 225 Å². The summed E-state index contributed by atoms with van der Waals surface area (Å²) in [5, 5.41) is 15.7. The number of methoxy groups -OCH3 is 1. The third-order valence-electron chi connectivity index (χ3n) is 14.0. The van der Waals surface area contributed by atoms with Crippen LogP contribution in [0.3, 0.4) is 0 Å². The average Bonchev–Trinajstić information content (AvgIpc) is 3.53. The zero-order valence-corrected chi connectivity index (χ0v) is 41.7. The van der Waals surface area contributed by atoms with Gasteiger partial charge in [0.05, 0.1) is 42.0 Å². The number of ether oxygens (including phenoxy) is 10. The van der Waals surface area contributed by atoms with Crippen LogP contribution in [0.2, 0.25) is 0 Å². The van der Waals surface area contributed by atoms with Crippen LogP contribution in [0.5, 0.6) is 0 Å². The lowest BCUT2D eigenvalue weighted by Crippen LogP contribution is -2.61. The Bertz CT molecular complexity index is 1590. The number of hydrogen-bond acceptors (Lipinski definition) is 18. The third kappa shape index (κ3) is 13.2. The molecule has 4 N–H and O–H groups in total. The van der Waals surface area contributed by atoms with Gasteiger partial charge in [-0.05, 0) is 114 Å². The second-order valence-corrected chi connectivity index (χ2v) is 20.0. The molecule has 4 aliphatic heterocycles. The van der Waals surface area contributed by atoms with Crippen molar-refractivity contribution in [3.63, 3.8) is 0 Å². The Kier molecular flexibility index (Phi) is 19.3. The summed E-state index contributed by atoms with van der Waals surface area (Å²) >= 11 is 0. The van der Waals surface area contributed by atoms with E-state index < -0.39 is 114 Å². The lowest BCUT2D eigenvalue weighted by atomic mass is 9.77. The molecule has 0 saturated carbocycles. The number of cyclic esters (lactones) is 1. The molecule has 0 aromatic carbocycles. The number of nitrogens with one attached hydrogen (secondary N) is 1. The molecule has 4 heterocycles. The van der Waals surface area contributed by atoms with E-state index in [-0.39, 0.29) is 37.3 Å². The quantitative estimate of drug-likeness (QED) is 0.134. The van der Waals surface area contributed by atoms with Gasteiger partial charge in [0.15, 0.2) is 36.5 Å². The number of fused-ring (bicyclic) bond motifs is 1. The average molecular weight is 931 g/mol. The van der Waals surface area contributed by atoms with Crippen LogP contribution in [0.4, 0.5) is 9.59 Å². The van der Waals surface area contributed by atoms with Gasteiger partial charge in [-0.1, -0.05) is 20.8 Å². The first-order valence-electron chi connectivity index (χ1n) is 23.5. The minimum absolute atomic E-state index is 0.0695. The summed E-state index contributed by atoms with van der Waals surface area (Å²) in [5.41, 5.74) is 1.52. The highest BCUT2D eigenvalue weighted by molar-refractivity contribution is 5.73. The van der Waals surface area contributed by atoms with Gasteiger partial charge < -0.3 is 68.4 Å². The van der Waals surface area contributed by atoms with Crippen LogP contribution >= 0.6 is 0 Å². The number of nitrogens with two attached hydrogens (primary N) is 1. The predicted octanol–water partition coefficient (Wildman–Crippen LogP) is 4.13. The van der Waals surface area contributed by atoms with E-state index in [9.17, 15) is 24.3 Å². The third-order valence-corrected chi connectivity index (χ3v) is 14.0. The number of unbranched alkanes of at least 4 members (excludes halogenated alkanes) is 1. The lowest BCUT2D eigenvalue weighted by molar-refractivity contribution is -0.318. The van der Waals surface area contributed by atoms with Gasteiger partial charge in [0, 0.05) is 45.5 Å². The largest absolute Gasteiger partial charge is 0.509 e. The van der Waals surface area contributed by atoms with Crippen molar-refractivity contribution in [3.8, 4) is 0 Å². The van der Waals surface area contributed by atoms with Crippen LogP contribution in [0, 0.1) is 17.8 Å². The number of carbonyl (C=O) groups is 4. The summed E-state index contributed by atoms with van der Waals surface area (Å²) in [7, 11) is 7.21. The smallest absolute Gasteiger partial charge is 0.458 e. The molecule has 376 valence electrons. The fourth-order valence-electron chi connectivity index (χ4n) is 10.5. The molecule has 18 atom stereocenters. The maximum absolute atomic E-state index is 14.7. The number of likely N-dealkylation sites (N-methyl/N-ethyl adjacent to an activating group) is 2. The van der Waals surface area contributed by atoms with E-state index in [1.807, 2.05) is 65.6 Å². The molecule has 4 aliphatic rings. The molecule has 0 unspecified atom stereocenters. The van der Waals surface area contributed by atoms with Gasteiger partial charge in [-0.15, -0.1) is 0 Å². The van der Waals surface area contributed by atoms with Crippen molar-refractivity contribution in [1.82, 2.24) is 15.1 Å². The van der Waals surface area contributed by atoms with Crippen LogP contribution in [-0.4, -0.2) is 177 Å². The molecular formula is C46H82N4O15. The Morgan fingerprint density at radius 2 is 1.63 bits per heavy atom. The molecule has 4 saturated heterocycles. The molecule has 4 fully saturated rings. The molecule has 0 aromatic rings. The molecule has 19 heteroatoms. The monoisotopic (exact) mass is 931 g/mol. The van der Waals surface area contributed by atoms with Crippen LogP contribution in [0.1, 0.15) is 115 Å². The van der Waals surface area contributed by atoms with Crippen LogP contribution in [-0.2, 0) is 57.0 Å². The van der Waals surface area contributed by atoms with Crippen molar-refractivity contribution < 1.29 is 71.7 Å². The highest BCUT2D eigenvalue weighted by Crippen LogP contribution is 2.42. The summed E-state index contributed by atoms with van der Waals surface area (Å²) in [6, 6.07) is -0.684. The summed E-state index contributed by atoms with van der Waals surface area (Å²) in [6.07, 6.45) is -7.84. The minimum atomic E-state index is -1.63. The Hall–Kier alpha value is -2.88. The van der Waals surface area contributed by atoms with Crippen LogP contribution < -0.4 is 11.1 Å². The Morgan fingerprint density at radius 1 is 0.954 bits per heavy atom. The van der Waals surface area contributed by atoms with Crippen molar-refractivity contribution in [2.24, 2.45) is 23.5 Å². The van der Waals surface area contributed by atoms with Crippen molar-refractivity contribution in [1.29, 1.82) is 0 Å². The number of nitrogens with zero attached hydrogens (tertiary/aromatic N) is 2. The second kappa shape index (κ2) is 22.9. The van der Waals surface area contributed by atoms with E-state index in [0.29, 0.717) is 32.5 Å². The number of alkyl carbamates (subject to hydrolysis) is 1. The maximum atomic E-state index is 14.7. The van der Waals surface area contributed by atoms with Gasteiger partial charge in [-0.3, -0.25) is 14.5 Å². The molecule has 4 rings (SSSR count). The van der Waals surface area contributed by atoms with E-state index in [1.54, 1.807) is 34.6 Å². The van der Waals surface area contributed by atoms with Crippen molar-refractivity contribution in [2.75, 3.05) is 47.9 Å². The first-order chi connectivity index (χ1) is 30.3. The van der Waals surface area contributed by atoms with E-state index in [0.717, 1.165) is 6.42 Å². The van der Waals surface area contributed by atoms with Gasteiger partial charge >= 0.3 is 24.2 Å². The van der Waals surface area contributed by atoms with Crippen molar-refractivity contribution in [3.05, 3.63) is 0 Å². The van der Waals surface area contributed by atoms with Crippen LogP contribution in [0.25, 0.3) is 0 Å². The van der Waals surface area contributed by atoms with E-state index >= 15 is 0 Å². The number of rotatable bonds is 13. The molecule has 0 aromatic heterocycles. The van der Waals surface area contributed by atoms with Crippen LogP contribution in [0.15, 0.2) is 0 Å². The second-order valence-electron chi connectivity index (χ2n) is 20.0. The fourth-order valence-corrected chi connectivity index (χ4v) is 10.5. The van der Waals surface area contributed by atoms with E-state index in [2.05, 4.69) is 5.32 Å². The first-order valence-corrected chi connectivity index (χ1v) is 23.5. The Balaban J connectivity index is 1.82. The highest BCUT2D eigenvalue weighted by atomic mass is 16.8. The van der Waals surface area contributed by atoms with Gasteiger partial charge in [0.1, 0.15) is 11.7 Å². The normalized spacial score (nSPS) is 42.4. The Labute approximate surface area is 386 Å². The SMILES string of the molecule is CC[C@H]1OC(=O)[C@H](C)[C@@H](O[C@H]2C[C@@](C)(OC)[C@@H](OC(=O)NCCCCN)[C@H](C)O2)[C@H](C)[C@@H](O[C@@H]2O[C@H](C)C[C@H](N(C)C)[C@H]2OC(C)=O)[C@](C)(O)C[C@@H](C)CN(C)[C@H](C)[C@H]2OC(=O)O[C@@]21C. The molecule has 0 spiro atoms. The zero-order valence-electron chi connectivity index (χ0n) is 41.7. The van der Waals surface area contributed by atoms with E-state index in [1.165, 1.54) is 14.0 Å². The molecule has 0 bridgehead atoms. The number of aliphatic hydroxyl groups is 1. The van der Waals surface area contributed by atoms with Crippen molar-refractivity contribution in [2.45, 2.75) is 205 Å². The molecular weight excluding hydrogens is 849 g/mol. The molecule has 0 aliphatic carbocycles. The number of esters is 2. The Morgan fingerprint density at radius 3 is 2.23 bits per heavy atom. The minimum Gasteiger partial charge on any atom is -0.458 e. The molecule has 65 heavy (non-hydrogen) atoms. The van der Waals surface area contributed by atoms with E-state index in [4.69, 9.17) is 53.1 Å². The lowest BCUT2D eigenvalue weighted by Gasteiger charge is -2.49. The first kappa shape index (κ1) is 54.7.